The minimum absolute atomic E-state index is 0.0688. The van der Waals surface area contributed by atoms with Crippen LogP contribution in [-0.2, 0) is 15.2 Å². The van der Waals surface area contributed by atoms with Gasteiger partial charge in [-0.1, -0.05) is 0 Å². The van der Waals surface area contributed by atoms with Crippen LogP contribution < -0.4 is 16.1 Å². The number of anilines is 1. The molecule has 3 rings (SSSR count). The summed E-state index contributed by atoms with van der Waals surface area (Å²) in [7, 11) is 0.985. The maximum absolute atomic E-state index is 14.9. The molecule has 0 spiro atoms. The monoisotopic (exact) mass is 415 g/mol. The molecule has 1 amide bonds. The number of amides is 1. The predicted molar refractivity (Wildman–Crippen MR) is 90.9 cm³/mol. The Kier molecular flexibility index (Phi) is 4.60. The van der Waals surface area contributed by atoms with Crippen molar-refractivity contribution in [1.29, 1.82) is 0 Å². The molecule has 1 aliphatic heterocycles. The van der Waals surface area contributed by atoms with E-state index in [2.05, 4.69) is 4.74 Å². The minimum Gasteiger partial charge on any atom is -0.462 e. The second-order valence-electron chi connectivity index (χ2n) is 6.11. The third kappa shape index (κ3) is 2.91. The van der Waals surface area contributed by atoms with Crippen LogP contribution in [0.1, 0.15) is 22.8 Å². The number of rotatable bonds is 3. The molecule has 1 N–H and O–H groups in total. The zero-order chi connectivity index (χ0) is 21.7. The van der Waals surface area contributed by atoms with Gasteiger partial charge in [-0.25, -0.2) is 14.0 Å². The lowest BCUT2D eigenvalue weighted by molar-refractivity contribution is -0.227. The number of hydrogen-bond acceptors (Lipinski definition) is 5. The Morgan fingerprint density at radius 3 is 2.48 bits per heavy atom. The Morgan fingerprint density at radius 2 is 1.90 bits per heavy atom. The summed E-state index contributed by atoms with van der Waals surface area (Å²) < 4.78 is 60.3. The van der Waals surface area contributed by atoms with Gasteiger partial charge in [-0.3, -0.25) is 19.1 Å². The number of carbonyl (C=O) groups excluding carboxylic acids is 2. The lowest BCUT2D eigenvalue weighted by atomic mass is 9.96. The Bertz CT molecular complexity index is 1140. The van der Waals surface area contributed by atoms with Gasteiger partial charge < -0.3 is 9.64 Å². The van der Waals surface area contributed by atoms with Gasteiger partial charge in [-0.15, -0.1) is 0 Å². The summed E-state index contributed by atoms with van der Waals surface area (Å²) in [6.45, 7) is 1.41. The van der Waals surface area contributed by atoms with Gasteiger partial charge in [0.25, 0.3) is 11.5 Å². The summed E-state index contributed by atoms with van der Waals surface area (Å²) in [6.07, 6.45) is -4.77. The van der Waals surface area contributed by atoms with Gasteiger partial charge in [-0.2, -0.15) is 13.2 Å². The molecule has 1 aliphatic rings. The molecule has 29 heavy (non-hydrogen) atoms. The zero-order valence-corrected chi connectivity index (χ0v) is 15.0. The van der Waals surface area contributed by atoms with Gasteiger partial charge in [0, 0.05) is 18.8 Å². The van der Waals surface area contributed by atoms with Crippen LogP contribution in [0.15, 0.2) is 34.0 Å². The number of nitrogens with zero attached hydrogens (tertiary/aromatic N) is 2. The van der Waals surface area contributed by atoms with Crippen LogP contribution in [0, 0.1) is 0 Å². The fourth-order valence-electron chi connectivity index (χ4n) is 2.99. The second kappa shape index (κ2) is 6.57. The molecular formula is C17H13F4N3O5. The van der Waals surface area contributed by atoms with Crippen LogP contribution in [0.4, 0.5) is 23.2 Å². The molecule has 1 unspecified atom stereocenters. The van der Waals surface area contributed by atoms with Crippen molar-refractivity contribution < 1.29 is 31.9 Å². The smallest absolute Gasteiger partial charge is 0.436 e. The predicted octanol–water partition coefficient (Wildman–Crippen LogP) is 1.41. The van der Waals surface area contributed by atoms with E-state index < -0.39 is 46.1 Å². The highest BCUT2D eigenvalue weighted by Crippen LogP contribution is 2.52. The number of H-pyrrole nitrogens is 1. The Morgan fingerprint density at radius 1 is 1.24 bits per heavy atom. The van der Waals surface area contributed by atoms with Crippen molar-refractivity contribution in [1.82, 2.24) is 9.55 Å². The number of alkyl halides is 4. The molecule has 1 aromatic heterocycles. The summed E-state index contributed by atoms with van der Waals surface area (Å²) in [5.41, 5.74) is -8.67. The maximum Gasteiger partial charge on any atom is 0.436 e. The van der Waals surface area contributed by atoms with E-state index in [4.69, 9.17) is 0 Å². The van der Waals surface area contributed by atoms with Gasteiger partial charge in [0.1, 0.15) is 5.56 Å². The maximum atomic E-state index is 14.9. The van der Waals surface area contributed by atoms with Crippen molar-refractivity contribution in [2.75, 3.05) is 18.6 Å². The van der Waals surface area contributed by atoms with Crippen molar-refractivity contribution in [3.05, 3.63) is 56.4 Å². The highest BCUT2D eigenvalue weighted by atomic mass is 19.4. The molecule has 1 aromatic carbocycles. The first-order valence-electron chi connectivity index (χ1n) is 8.15. The van der Waals surface area contributed by atoms with Gasteiger partial charge in [0.15, 0.2) is 0 Å². The van der Waals surface area contributed by atoms with E-state index in [1.807, 2.05) is 4.98 Å². The van der Waals surface area contributed by atoms with E-state index in [9.17, 15) is 36.7 Å². The summed E-state index contributed by atoms with van der Waals surface area (Å²) in [6, 6.07) is 2.83. The van der Waals surface area contributed by atoms with Crippen molar-refractivity contribution >= 4 is 17.6 Å². The Balaban J connectivity index is 2.23. The molecule has 0 fully saturated rings. The fourth-order valence-corrected chi connectivity index (χ4v) is 2.99. The molecule has 0 saturated heterocycles. The topological polar surface area (TPSA) is 101 Å². The SMILES string of the molecule is CCOC(=O)c1cn(-c2ccc3c(c2)C(F)(C(F)(F)F)C(=O)N3C)c(=O)[nH]c1=O. The van der Waals surface area contributed by atoms with Crippen molar-refractivity contribution in [2.45, 2.75) is 18.8 Å². The number of fused-ring (bicyclic) bond motifs is 1. The zero-order valence-electron chi connectivity index (χ0n) is 15.0. The summed E-state index contributed by atoms with van der Waals surface area (Å²) in [4.78, 5) is 50.1. The molecule has 154 valence electrons. The lowest BCUT2D eigenvalue weighted by Gasteiger charge is -2.22. The van der Waals surface area contributed by atoms with E-state index in [-0.39, 0.29) is 18.0 Å². The quantitative estimate of drug-likeness (QED) is 0.603. The number of nitrogens with one attached hydrogen (secondary N) is 1. The van der Waals surface area contributed by atoms with E-state index in [0.29, 0.717) is 15.5 Å². The summed E-state index contributed by atoms with van der Waals surface area (Å²) in [5.74, 6) is -2.88. The van der Waals surface area contributed by atoms with Crippen LogP contribution in [0.2, 0.25) is 0 Å². The largest absolute Gasteiger partial charge is 0.462 e. The number of carbonyl (C=O) groups is 2. The highest BCUT2D eigenvalue weighted by Gasteiger charge is 2.68. The normalized spacial score (nSPS) is 18.7. The molecule has 0 aliphatic carbocycles. The molecule has 0 saturated carbocycles. The molecule has 0 radical (unpaired) electrons. The first-order valence-corrected chi connectivity index (χ1v) is 8.15. The van der Waals surface area contributed by atoms with Gasteiger partial charge in [0.2, 0.25) is 0 Å². The highest BCUT2D eigenvalue weighted by molar-refractivity contribution is 6.07. The number of aromatic nitrogens is 2. The van der Waals surface area contributed by atoms with E-state index in [0.717, 1.165) is 25.4 Å². The molecular weight excluding hydrogens is 402 g/mol. The van der Waals surface area contributed by atoms with E-state index >= 15 is 0 Å². The third-order valence-corrected chi connectivity index (χ3v) is 4.42. The first kappa shape index (κ1) is 20.3. The number of ether oxygens (including phenoxy) is 1. The van der Waals surface area contributed by atoms with E-state index in [1.165, 1.54) is 6.92 Å². The Hall–Kier alpha value is -3.44. The molecule has 2 heterocycles. The number of aromatic amines is 1. The number of likely N-dealkylation sites (N-methyl/N-ethyl adjacent to an activating group) is 1. The van der Waals surface area contributed by atoms with Gasteiger partial charge >= 0.3 is 23.5 Å². The standard InChI is InChI=1S/C17H13F4N3O5/c1-3-29-13(26)9-7-24(15(28)22-12(9)25)8-4-5-11-10(6-8)16(18,17(19,20)21)14(27)23(11)2/h4-7H,3H2,1-2H3,(H,22,25,28). The average Bonchev–Trinajstić information content (AvgIpc) is 2.83. The first-order chi connectivity index (χ1) is 13.4. The molecule has 1 atom stereocenters. The van der Waals surface area contributed by atoms with Crippen molar-refractivity contribution in [3.63, 3.8) is 0 Å². The summed E-state index contributed by atoms with van der Waals surface area (Å²) >= 11 is 0. The van der Waals surface area contributed by atoms with Crippen LogP contribution in [-0.4, -0.2) is 41.3 Å². The van der Waals surface area contributed by atoms with Crippen molar-refractivity contribution in [3.8, 4) is 5.69 Å². The fraction of sp³-hybridized carbons (Fsp3) is 0.294. The minimum atomic E-state index is -5.55. The van der Waals surface area contributed by atoms with Crippen LogP contribution in [0.5, 0.6) is 0 Å². The molecule has 12 heteroatoms. The average molecular weight is 415 g/mol. The lowest BCUT2D eigenvalue weighted by Crippen LogP contribution is -2.46. The summed E-state index contributed by atoms with van der Waals surface area (Å²) in [5, 5.41) is 0. The van der Waals surface area contributed by atoms with Gasteiger partial charge in [-0.05, 0) is 25.1 Å². The molecule has 8 nitrogen and oxygen atoms in total. The van der Waals surface area contributed by atoms with E-state index in [1.54, 1.807) is 0 Å². The van der Waals surface area contributed by atoms with Crippen LogP contribution in [0.25, 0.3) is 5.69 Å². The van der Waals surface area contributed by atoms with Crippen LogP contribution >= 0.6 is 0 Å². The molecule has 0 bridgehead atoms. The second-order valence-corrected chi connectivity index (χ2v) is 6.11. The number of hydrogen-bond donors (Lipinski definition) is 1. The van der Waals surface area contributed by atoms with Crippen molar-refractivity contribution in [2.24, 2.45) is 0 Å². The number of benzene rings is 1. The molecule has 2 aromatic rings. The number of halogens is 4. The van der Waals surface area contributed by atoms with Crippen LogP contribution in [0.3, 0.4) is 0 Å². The Labute approximate surface area is 159 Å². The van der Waals surface area contributed by atoms with Gasteiger partial charge in [0.05, 0.1) is 18.0 Å². The third-order valence-electron chi connectivity index (χ3n) is 4.42. The number of esters is 1.